The molecule has 0 saturated heterocycles. The van der Waals surface area contributed by atoms with Gasteiger partial charge in [-0.15, -0.1) is 0 Å². The lowest BCUT2D eigenvalue weighted by Crippen LogP contribution is -2.45. The molecule has 0 saturated carbocycles. The molecular weight excluding hydrogens is 208 g/mol. The van der Waals surface area contributed by atoms with E-state index in [1.165, 1.54) is 0 Å². The van der Waals surface area contributed by atoms with Crippen molar-refractivity contribution in [3.63, 3.8) is 0 Å². The molecule has 0 aromatic heterocycles. The van der Waals surface area contributed by atoms with Crippen molar-refractivity contribution in [3.8, 4) is 0 Å². The van der Waals surface area contributed by atoms with Crippen LogP contribution in [0.25, 0.3) is 0 Å². The first-order chi connectivity index (χ1) is 7.56. The van der Waals surface area contributed by atoms with Crippen molar-refractivity contribution >= 4 is 11.7 Å². The van der Waals surface area contributed by atoms with Crippen LogP contribution in [0.5, 0.6) is 0 Å². The number of amidine groups is 1. The van der Waals surface area contributed by atoms with Crippen LogP contribution in [-0.2, 0) is 4.79 Å². The van der Waals surface area contributed by atoms with Crippen LogP contribution in [-0.4, -0.2) is 47.5 Å². The van der Waals surface area contributed by atoms with Crippen LogP contribution in [0.1, 0.15) is 27.2 Å². The third-order valence-corrected chi connectivity index (χ3v) is 2.41. The van der Waals surface area contributed by atoms with Gasteiger partial charge in [-0.3, -0.25) is 4.79 Å². The summed E-state index contributed by atoms with van der Waals surface area (Å²) < 4.78 is 0. The molecule has 0 bridgehead atoms. The predicted molar refractivity (Wildman–Crippen MR) is 63.4 cm³/mol. The molecule has 1 unspecified atom stereocenters. The number of nitrogens with zero attached hydrogens (tertiary/aromatic N) is 2. The molecule has 0 fully saturated rings. The van der Waals surface area contributed by atoms with Gasteiger partial charge in [0.25, 0.3) is 0 Å². The molecule has 1 atom stereocenters. The molecular formula is C10H22N4O2. The van der Waals surface area contributed by atoms with E-state index in [0.717, 1.165) is 0 Å². The maximum Gasteiger partial charge on any atom is 0.239 e. The van der Waals surface area contributed by atoms with Crippen LogP contribution < -0.4 is 11.1 Å². The number of hydrogen-bond donors (Lipinski definition) is 3. The maximum atomic E-state index is 11.8. The first-order valence-electron chi connectivity index (χ1n) is 5.55. The minimum Gasteiger partial charge on any atom is -0.409 e. The summed E-state index contributed by atoms with van der Waals surface area (Å²) in [7, 11) is 0. The van der Waals surface area contributed by atoms with Crippen molar-refractivity contribution in [2.24, 2.45) is 10.9 Å². The van der Waals surface area contributed by atoms with Gasteiger partial charge in [0.1, 0.15) is 5.84 Å². The number of amides is 1. The molecule has 94 valence electrons. The first-order valence-corrected chi connectivity index (χ1v) is 5.55. The van der Waals surface area contributed by atoms with E-state index in [4.69, 9.17) is 10.9 Å². The number of carbonyl (C=O) groups excluding carboxylic acids is 1. The Morgan fingerprint density at radius 1 is 1.50 bits per heavy atom. The van der Waals surface area contributed by atoms with Gasteiger partial charge in [0.15, 0.2) is 0 Å². The zero-order valence-electron chi connectivity index (χ0n) is 10.2. The molecule has 0 aliphatic carbocycles. The highest BCUT2D eigenvalue weighted by atomic mass is 16.4. The van der Waals surface area contributed by atoms with Crippen LogP contribution >= 0.6 is 0 Å². The van der Waals surface area contributed by atoms with E-state index < -0.39 is 0 Å². The number of hydrogen-bond acceptors (Lipinski definition) is 4. The summed E-state index contributed by atoms with van der Waals surface area (Å²) in [5, 5.41) is 14.2. The Kier molecular flexibility index (Phi) is 7.28. The fourth-order valence-electron chi connectivity index (χ4n) is 1.36. The van der Waals surface area contributed by atoms with E-state index in [-0.39, 0.29) is 17.8 Å². The molecule has 1 amide bonds. The molecule has 0 aromatic carbocycles. The minimum absolute atomic E-state index is 0.0736. The lowest BCUT2D eigenvalue weighted by Gasteiger charge is -2.23. The Morgan fingerprint density at radius 3 is 2.50 bits per heavy atom. The first kappa shape index (κ1) is 14.7. The standard InChI is InChI=1S/C10H22N4O2/c1-4-14(5-2)10(15)8(3)12-7-6-9(11)13-16/h8,12,16H,4-7H2,1-3H3,(H2,11,13). The van der Waals surface area contributed by atoms with Gasteiger partial charge in [-0.1, -0.05) is 5.16 Å². The summed E-state index contributed by atoms with van der Waals surface area (Å²) in [5.74, 6) is 0.236. The van der Waals surface area contributed by atoms with Crippen LogP contribution in [0.2, 0.25) is 0 Å². The lowest BCUT2D eigenvalue weighted by atomic mass is 10.2. The second kappa shape index (κ2) is 7.92. The number of carbonyl (C=O) groups is 1. The number of rotatable bonds is 7. The molecule has 4 N–H and O–H groups in total. The fraction of sp³-hybridized carbons (Fsp3) is 0.800. The summed E-state index contributed by atoms with van der Waals surface area (Å²) in [6.45, 7) is 7.65. The van der Waals surface area contributed by atoms with E-state index in [9.17, 15) is 4.79 Å². The van der Waals surface area contributed by atoms with Crippen LogP contribution in [0.4, 0.5) is 0 Å². The Hall–Kier alpha value is -1.30. The topological polar surface area (TPSA) is 91.0 Å². The van der Waals surface area contributed by atoms with Gasteiger partial charge in [0.2, 0.25) is 5.91 Å². The molecule has 0 aliphatic heterocycles. The Labute approximate surface area is 96.5 Å². The third kappa shape index (κ3) is 4.97. The van der Waals surface area contributed by atoms with Crippen LogP contribution in [0, 0.1) is 0 Å². The number of likely N-dealkylation sites (N-methyl/N-ethyl adjacent to an activating group) is 1. The largest absolute Gasteiger partial charge is 0.409 e. The van der Waals surface area contributed by atoms with Gasteiger partial charge in [-0.2, -0.15) is 0 Å². The van der Waals surface area contributed by atoms with Gasteiger partial charge >= 0.3 is 0 Å². The van der Waals surface area contributed by atoms with Crippen molar-refractivity contribution in [3.05, 3.63) is 0 Å². The predicted octanol–water partition coefficient (Wildman–Crippen LogP) is -0.0306. The molecule has 6 nitrogen and oxygen atoms in total. The molecule has 0 rings (SSSR count). The normalized spacial score (nSPS) is 13.6. The van der Waals surface area contributed by atoms with Crippen molar-refractivity contribution in [2.45, 2.75) is 33.2 Å². The van der Waals surface area contributed by atoms with Gasteiger partial charge < -0.3 is 21.2 Å². The maximum absolute atomic E-state index is 11.8. The highest BCUT2D eigenvalue weighted by Gasteiger charge is 2.16. The fourth-order valence-corrected chi connectivity index (χ4v) is 1.36. The highest BCUT2D eigenvalue weighted by Crippen LogP contribution is 1.94. The zero-order chi connectivity index (χ0) is 12.6. The Balaban J connectivity index is 3.96. The van der Waals surface area contributed by atoms with Gasteiger partial charge in [-0.25, -0.2) is 0 Å². The summed E-state index contributed by atoms with van der Waals surface area (Å²) in [6, 6.07) is -0.244. The molecule has 0 radical (unpaired) electrons. The average Bonchev–Trinajstić information content (AvgIpc) is 2.29. The minimum atomic E-state index is -0.244. The summed E-state index contributed by atoms with van der Waals surface area (Å²) >= 11 is 0. The van der Waals surface area contributed by atoms with Gasteiger partial charge in [-0.05, 0) is 20.8 Å². The van der Waals surface area contributed by atoms with Crippen molar-refractivity contribution in [1.82, 2.24) is 10.2 Å². The molecule has 0 spiro atoms. The molecule has 0 aliphatic rings. The summed E-state index contributed by atoms with van der Waals surface area (Å²) in [4.78, 5) is 13.6. The van der Waals surface area contributed by atoms with Crippen molar-refractivity contribution < 1.29 is 10.0 Å². The van der Waals surface area contributed by atoms with Gasteiger partial charge in [0.05, 0.1) is 6.04 Å². The van der Waals surface area contributed by atoms with Crippen LogP contribution in [0.15, 0.2) is 5.16 Å². The zero-order valence-corrected chi connectivity index (χ0v) is 10.2. The molecule has 0 heterocycles. The van der Waals surface area contributed by atoms with E-state index >= 15 is 0 Å². The highest BCUT2D eigenvalue weighted by molar-refractivity contribution is 5.82. The third-order valence-electron chi connectivity index (χ3n) is 2.41. The lowest BCUT2D eigenvalue weighted by molar-refractivity contribution is -0.132. The number of oxime groups is 1. The van der Waals surface area contributed by atoms with Gasteiger partial charge in [0, 0.05) is 26.1 Å². The second-order valence-electron chi connectivity index (χ2n) is 3.53. The molecule has 6 heteroatoms. The quantitative estimate of drug-likeness (QED) is 0.248. The monoisotopic (exact) mass is 230 g/mol. The van der Waals surface area contributed by atoms with Crippen molar-refractivity contribution in [2.75, 3.05) is 19.6 Å². The van der Waals surface area contributed by atoms with E-state index in [1.54, 1.807) is 4.90 Å². The summed E-state index contributed by atoms with van der Waals surface area (Å²) in [6.07, 6.45) is 0.423. The SMILES string of the molecule is CCN(CC)C(=O)C(C)NCCC(N)=NO. The van der Waals surface area contributed by atoms with E-state index in [1.807, 2.05) is 20.8 Å². The Bertz CT molecular complexity index is 239. The van der Waals surface area contributed by atoms with E-state index in [2.05, 4.69) is 10.5 Å². The van der Waals surface area contributed by atoms with E-state index in [0.29, 0.717) is 26.1 Å². The number of nitrogens with two attached hydrogens (primary N) is 1. The Morgan fingerprint density at radius 2 is 2.06 bits per heavy atom. The summed E-state index contributed by atoms with van der Waals surface area (Å²) in [5.41, 5.74) is 5.31. The molecule has 0 aromatic rings. The average molecular weight is 230 g/mol. The van der Waals surface area contributed by atoms with Crippen molar-refractivity contribution in [1.29, 1.82) is 0 Å². The smallest absolute Gasteiger partial charge is 0.239 e. The second-order valence-corrected chi connectivity index (χ2v) is 3.53. The number of nitrogens with one attached hydrogen (secondary N) is 1. The van der Waals surface area contributed by atoms with Crippen LogP contribution in [0.3, 0.4) is 0 Å². The molecule has 16 heavy (non-hydrogen) atoms.